The number of aromatic nitrogens is 1. The number of methoxy groups -OCH3 is 2. The molecule has 0 fully saturated rings. The number of hydrogen-bond acceptors (Lipinski definition) is 5. The lowest BCUT2D eigenvalue weighted by Gasteiger charge is -2.11. The van der Waals surface area contributed by atoms with Gasteiger partial charge in [0.25, 0.3) is 0 Å². The minimum Gasteiger partial charge on any atom is -0.496 e. The molecule has 5 nitrogen and oxygen atoms in total. The van der Waals surface area contributed by atoms with Crippen molar-refractivity contribution in [1.29, 1.82) is 0 Å². The average Bonchev–Trinajstić information content (AvgIpc) is 2.85. The van der Waals surface area contributed by atoms with E-state index in [1.807, 2.05) is 24.4 Å². The van der Waals surface area contributed by atoms with Crippen molar-refractivity contribution in [2.24, 2.45) is 0 Å². The predicted octanol–water partition coefficient (Wildman–Crippen LogP) is 2.76. The standard InChI is InChI=1S/C14H15NO4S/c1-8-4-12(19-3)9(5-11(8)18-2)10-7-20-13(15-10)6-14(16)17/h4-5,7H,6H2,1-3H3,(H,16,17). The van der Waals surface area contributed by atoms with Gasteiger partial charge in [-0.25, -0.2) is 4.98 Å². The van der Waals surface area contributed by atoms with Gasteiger partial charge in [0, 0.05) is 10.9 Å². The summed E-state index contributed by atoms with van der Waals surface area (Å²) in [7, 11) is 3.20. The van der Waals surface area contributed by atoms with Crippen LogP contribution in [-0.2, 0) is 11.2 Å². The first-order chi connectivity index (χ1) is 9.55. The Morgan fingerprint density at radius 2 is 2.00 bits per heavy atom. The number of rotatable bonds is 5. The van der Waals surface area contributed by atoms with Crippen LogP contribution < -0.4 is 9.47 Å². The lowest BCUT2D eigenvalue weighted by molar-refractivity contribution is -0.136. The summed E-state index contributed by atoms with van der Waals surface area (Å²) in [6.45, 7) is 1.93. The van der Waals surface area contributed by atoms with Crippen molar-refractivity contribution in [2.45, 2.75) is 13.3 Å². The Bertz CT molecular complexity index is 636. The molecule has 6 heteroatoms. The third-order valence-electron chi connectivity index (χ3n) is 2.85. The predicted molar refractivity (Wildman–Crippen MR) is 76.7 cm³/mol. The van der Waals surface area contributed by atoms with Crippen LogP contribution in [0.2, 0.25) is 0 Å². The number of carbonyl (C=O) groups is 1. The van der Waals surface area contributed by atoms with Crippen molar-refractivity contribution in [3.8, 4) is 22.8 Å². The van der Waals surface area contributed by atoms with Gasteiger partial charge >= 0.3 is 5.97 Å². The van der Waals surface area contributed by atoms with Gasteiger partial charge in [-0.05, 0) is 24.6 Å². The Morgan fingerprint density at radius 1 is 1.30 bits per heavy atom. The average molecular weight is 293 g/mol. The van der Waals surface area contributed by atoms with E-state index in [2.05, 4.69) is 4.98 Å². The SMILES string of the molecule is COc1cc(-c2csc(CC(=O)O)n2)c(OC)cc1C. The molecule has 0 saturated carbocycles. The Morgan fingerprint density at radius 3 is 2.60 bits per heavy atom. The van der Waals surface area contributed by atoms with Gasteiger partial charge in [-0.1, -0.05) is 0 Å². The van der Waals surface area contributed by atoms with Gasteiger partial charge in [0.15, 0.2) is 0 Å². The summed E-state index contributed by atoms with van der Waals surface area (Å²) in [5.74, 6) is 0.545. The highest BCUT2D eigenvalue weighted by Gasteiger charge is 2.14. The number of carboxylic acids is 1. The summed E-state index contributed by atoms with van der Waals surface area (Å²) in [4.78, 5) is 15.0. The zero-order valence-electron chi connectivity index (χ0n) is 11.5. The Kier molecular flexibility index (Phi) is 4.24. The first kappa shape index (κ1) is 14.3. The molecule has 0 aliphatic rings. The molecule has 1 aromatic heterocycles. The van der Waals surface area contributed by atoms with Crippen molar-refractivity contribution in [2.75, 3.05) is 14.2 Å². The summed E-state index contributed by atoms with van der Waals surface area (Å²) < 4.78 is 10.7. The van der Waals surface area contributed by atoms with Gasteiger partial charge < -0.3 is 14.6 Å². The van der Waals surface area contributed by atoms with Crippen molar-refractivity contribution < 1.29 is 19.4 Å². The minimum absolute atomic E-state index is 0.0734. The van der Waals surface area contributed by atoms with Crippen LogP contribution in [0, 0.1) is 6.92 Å². The van der Waals surface area contributed by atoms with Gasteiger partial charge in [0.2, 0.25) is 0 Å². The molecule has 106 valence electrons. The maximum Gasteiger partial charge on any atom is 0.310 e. The molecule has 2 aromatic rings. The largest absolute Gasteiger partial charge is 0.496 e. The van der Waals surface area contributed by atoms with Gasteiger partial charge in [-0.2, -0.15) is 0 Å². The van der Waals surface area contributed by atoms with E-state index in [1.54, 1.807) is 14.2 Å². The van der Waals surface area contributed by atoms with Gasteiger partial charge in [-0.3, -0.25) is 4.79 Å². The molecule has 0 amide bonds. The fraction of sp³-hybridized carbons (Fsp3) is 0.286. The number of carboxylic acid groups (broad SMARTS) is 1. The van der Waals surface area contributed by atoms with E-state index < -0.39 is 5.97 Å². The van der Waals surface area contributed by atoms with E-state index in [-0.39, 0.29) is 6.42 Å². The van der Waals surface area contributed by atoms with Crippen LogP contribution in [0.1, 0.15) is 10.6 Å². The fourth-order valence-corrected chi connectivity index (χ4v) is 2.68. The second kappa shape index (κ2) is 5.92. The lowest BCUT2D eigenvalue weighted by atomic mass is 10.1. The summed E-state index contributed by atoms with van der Waals surface area (Å²) >= 11 is 1.32. The molecule has 1 N–H and O–H groups in total. The zero-order chi connectivity index (χ0) is 14.7. The van der Waals surface area contributed by atoms with Crippen LogP contribution in [0.15, 0.2) is 17.5 Å². The number of aliphatic carboxylic acids is 1. The molecule has 0 radical (unpaired) electrons. The Hall–Kier alpha value is -2.08. The van der Waals surface area contributed by atoms with E-state index in [1.165, 1.54) is 11.3 Å². The van der Waals surface area contributed by atoms with Crippen LogP contribution in [0.25, 0.3) is 11.3 Å². The minimum atomic E-state index is -0.889. The molecule has 2 rings (SSSR count). The lowest BCUT2D eigenvalue weighted by Crippen LogP contribution is -1.99. The van der Waals surface area contributed by atoms with Crippen molar-refractivity contribution >= 4 is 17.3 Å². The molecule has 0 aliphatic heterocycles. The number of hydrogen-bond donors (Lipinski definition) is 1. The summed E-state index contributed by atoms with van der Waals surface area (Å²) in [5, 5.41) is 11.2. The first-order valence-electron chi connectivity index (χ1n) is 5.94. The maximum absolute atomic E-state index is 10.7. The molecule has 20 heavy (non-hydrogen) atoms. The Labute approximate surface area is 120 Å². The normalized spacial score (nSPS) is 10.3. The molecule has 1 aromatic carbocycles. The van der Waals surface area contributed by atoms with E-state index in [9.17, 15) is 4.79 Å². The zero-order valence-corrected chi connectivity index (χ0v) is 12.3. The van der Waals surface area contributed by atoms with Crippen molar-refractivity contribution in [1.82, 2.24) is 4.98 Å². The topological polar surface area (TPSA) is 68.7 Å². The molecule has 0 spiro atoms. The second-order valence-electron chi connectivity index (χ2n) is 4.22. The Balaban J connectivity index is 2.45. The number of ether oxygens (including phenoxy) is 2. The molecular weight excluding hydrogens is 278 g/mol. The quantitative estimate of drug-likeness (QED) is 0.918. The number of thiazole rings is 1. The summed E-state index contributed by atoms with van der Waals surface area (Å²) in [6.07, 6.45) is -0.0734. The van der Waals surface area contributed by atoms with E-state index >= 15 is 0 Å². The summed E-state index contributed by atoms with van der Waals surface area (Å²) in [6, 6.07) is 3.73. The van der Waals surface area contributed by atoms with E-state index in [0.717, 1.165) is 16.9 Å². The summed E-state index contributed by atoms with van der Waals surface area (Å²) in [5.41, 5.74) is 2.46. The van der Waals surface area contributed by atoms with E-state index in [4.69, 9.17) is 14.6 Å². The smallest absolute Gasteiger partial charge is 0.310 e. The monoisotopic (exact) mass is 293 g/mol. The number of nitrogens with zero attached hydrogens (tertiary/aromatic N) is 1. The molecule has 1 heterocycles. The number of aryl methyl sites for hydroxylation is 1. The highest BCUT2D eigenvalue weighted by Crippen LogP contribution is 2.36. The molecule has 0 atom stereocenters. The van der Waals surface area contributed by atoms with Crippen LogP contribution in [0.4, 0.5) is 0 Å². The fourth-order valence-electron chi connectivity index (χ4n) is 1.90. The van der Waals surface area contributed by atoms with Crippen molar-refractivity contribution in [3.05, 3.63) is 28.1 Å². The molecular formula is C14H15NO4S. The van der Waals surface area contributed by atoms with Crippen molar-refractivity contribution in [3.63, 3.8) is 0 Å². The number of benzene rings is 1. The second-order valence-corrected chi connectivity index (χ2v) is 5.16. The van der Waals surface area contributed by atoms with Crippen LogP contribution in [-0.4, -0.2) is 30.3 Å². The van der Waals surface area contributed by atoms with Crippen LogP contribution >= 0.6 is 11.3 Å². The highest BCUT2D eigenvalue weighted by molar-refractivity contribution is 7.10. The maximum atomic E-state index is 10.7. The van der Waals surface area contributed by atoms with E-state index in [0.29, 0.717) is 16.5 Å². The first-order valence-corrected chi connectivity index (χ1v) is 6.82. The third-order valence-corrected chi connectivity index (χ3v) is 3.70. The molecule has 0 saturated heterocycles. The van der Waals surface area contributed by atoms with Gasteiger partial charge in [-0.15, -0.1) is 11.3 Å². The third kappa shape index (κ3) is 2.91. The van der Waals surface area contributed by atoms with Gasteiger partial charge in [0.05, 0.1) is 26.3 Å². The molecule has 0 aliphatic carbocycles. The van der Waals surface area contributed by atoms with Crippen LogP contribution in [0.3, 0.4) is 0 Å². The van der Waals surface area contributed by atoms with Gasteiger partial charge in [0.1, 0.15) is 16.5 Å². The molecule has 0 unspecified atom stereocenters. The van der Waals surface area contributed by atoms with Crippen LogP contribution in [0.5, 0.6) is 11.5 Å². The highest BCUT2D eigenvalue weighted by atomic mass is 32.1. The molecule has 0 bridgehead atoms.